The van der Waals surface area contributed by atoms with Gasteiger partial charge in [0, 0.05) is 0 Å². The molecule has 102 valence electrons. The highest BCUT2D eigenvalue weighted by Crippen LogP contribution is 2.25. The minimum absolute atomic E-state index is 0.0540. The van der Waals surface area contributed by atoms with Crippen LogP contribution in [0.15, 0.2) is 32.9 Å². The summed E-state index contributed by atoms with van der Waals surface area (Å²) in [4.78, 5) is 11.0. The summed E-state index contributed by atoms with van der Waals surface area (Å²) in [5.74, 6) is 3.41. The first kappa shape index (κ1) is 14.6. The van der Waals surface area contributed by atoms with Crippen molar-refractivity contribution >= 4 is 45.0 Å². The number of hydrogen-bond acceptors (Lipinski definition) is 5. The molecule has 0 atom stereocenters. The fourth-order valence-corrected chi connectivity index (χ4v) is 2.50. The zero-order valence-corrected chi connectivity index (χ0v) is 12.7. The van der Waals surface area contributed by atoms with Crippen molar-refractivity contribution in [2.75, 3.05) is 12.4 Å². The lowest BCUT2D eigenvalue weighted by Crippen LogP contribution is -2.19. The van der Waals surface area contributed by atoms with Gasteiger partial charge in [-0.3, -0.25) is 4.79 Å². The van der Waals surface area contributed by atoms with E-state index in [1.54, 1.807) is 12.3 Å². The molecule has 20 heavy (non-hydrogen) atoms. The molecule has 0 aromatic heterocycles. The number of benzene rings is 1. The van der Waals surface area contributed by atoms with Gasteiger partial charge in [-0.05, 0) is 39.7 Å². The third-order valence-electron chi connectivity index (χ3n) is 2.21. The molecule has 1 saturated heterocycles. The van der Waals surface area contributed by atoms with Gasteiger partial charge in [0.2, 0.25) is 5.91 Å². The molecular weight excluding hydrogens is 342 g/mol. The summed E-state index contributed by atoms with van der Waals surface area (Å²) in [6.45, 7) is 0.219. The maximum atomic E-state index is 11.0. The SMILES string of the molecule is C#CCOc1ccc(C=NN=C2NC(=O)CS2)cc1Br. The van der Waals surface area contributed by atoms with E-state index in [0.717, 1.165) is 10.0 Å². The molecule has 1 N–H and O–H groups in total. The van der Waals surface area contributed by atoms with Crippen LogP contribution in [0.1, 0.15) is 5.56 Å². The average molecular weight is 352 g/mol. The third kappa shape index (κ3) is 4.11. The Kier molecular flexibility index (Phi) is 5.21. The fourth-order valence-electron chi connectivity index (χ4n) is 1.36. The third-order valence-corrected chi connectivity index (χ3v) is 3.69. The summed E-state index contributed by atoms with van der Waals surface area (Å²) in [7, 11) is 0. The quantitative estimate of drug-likeness (QED) is 0.512. The van der Waals surface area contributed by atoms with Crippen molar-refractivity contribution in [3.8, 4) is 18.1 Å². The molecule has 1 heterocycles. The molecule has 0 aliphatic carbocycles. The molecule has 1 aromatic rings. The lowest BCUT2D eigenvalue weighted by atomic mass is 10.2. The number of halogens is 1. The van der Waals surface area contributed by atoms with Gasteiger partial charge in [-0.1, -0.05) is 17.7 Å². The monoisotopic (exact) mass is 351 g/mol. The lowest BCUT2D eigenvalue weighted by Gasteiger charge is -2.05. The van der Waals surface area contributed by atoms with E-state index < -0.39 is 0 Å². The Morgan fingerprint density at radius 2 is 2.45 bits per heavy atom. The Morgan fingerprint density at radius 3 is 3.10 bits per heavy atom. The van der Waals surface area contributed by atoms with Gasteiger partial charge >= 0.3 is 0 Å². The number of ether oxygens (including phenoxy) is 1. The molecule has 1 aliphatic rings. The second-order valence-corrected chi connectivity index (χ2v) is 5.49. The fraction of sp³-hybridized carbons (Fsp3) is 0.154. The summed E-state index contributed by atoms with van der Waals surface area (Å²) < 4.78 is 6.12. The topological polar surface area (TPSA) is 63.1 Å². The molecule has 0 spiro atoms. The Balaban J connectivity index is 2.01. The number of amidine groups is 1. The van der Waals surface area contributed by atoms with E-state index in [-0.39, 0.29) is 12.5 Å². The van der Waals surface area contributed by atoms with Crippen molar-refractivity contribution in [1.29, 1.82) is 0 Å². The number of amides is 1. The van der Waals surface area contributed by atoms with Gasteiger partial charge in [0.1, 0.15) is 12.4 Å². The van der Waals surface area contributed by atoms with Crippen LogP contribution < -0.4 is 10.1 Å². The molecule has 1 fully saturated rings. The van der Waals surface area contributed by atoms with Crippen LogP contribution in [0.5, 0.6) is 5.75 Å². The van der Waals surface area contributed by atoms with Gasteiger partial charge in [-0.15, -0.1) is 11.5 Å². The van der Waals surface area contributed by atoms with Gasteiger partial charge in [0.15, 0.2) is 5.17 Å². The predicted octanol–water partition coefficient (Wildman–Crippen LogP) is 2.01. The molecular formula is C13H10BrN3O2S. The van der Waals surface area contributed by atoms with Crippen LogP contribution in [-0.4, -0.2) is 29.6 Å². The zero-order valence-electron chi connectivity index (χ0n) is 10.3. The first-order chi connectivity index (χ1) is 9.69. The first-order valence-corrected chi connectivity index (χ1v) is 7.36. The summed E-state index contributed by atoms with van der Waals surface area (Å²) in [6.07, 6.45) is 6.72. The molecule has 2 rings (SSSR count). The minimum Gasteiger partial charge on any atom is -0.480 e. The van der Waals surface area contributed by atoms with Crippen LogP contribution >= 0.6 is 27.7 Å². The smallest absolute Gasteiger partial charge is 0.236 e. The molecule has 1 aromatic carbocycles. The summed E-state index contributed by atoms with van der Waals surface area (Å²) >= 11 is 4.72. The molecule has 5 nitrogen and oxygen atoms in total. The summed E-state index contributed by atoms with van der Waals surface area (Å²) in [5, 5.41) is 10.9. The van der Waals surface area contributed by atoms with Crippen LogP contribution in [0.2, 0.25) is 0 Å². The van der Waals surface area contributed by atoms with Crippen molar-refractivity contribution in [2.45, 2.75) is 0 Å². The molecule has 1 aliphatic heterocycles. The van der Waals surface area contributed by atoms with Gasteiger partial charge in [-0.25, -0.2) is 0 Å². The standard InChI is InChI=1S/C13H10BrN3O2S/c1-2-5-19-11-4-3-9(6-10(11)14)7-15-17-13-16-12(18)8-20-13/h1,3-4,6-7H,5,8H2,(H,16,17,18). The van der Waals surface area contributed by atoms with E-state index in [0.29, 0.717) is 16.7 Å². The second-order valence-electron chi connectivity index (χ2n) is 3.67. The first-order valence-electron chi connectivity index (χ1n) is 5.58. The number of thioether (sulfide) groups is 1. The van der Waals surface area contributed by atoms with Crippen LogP contribution in [0.25, 0.3) is 0 Å². The largest absolute Gasteiger partial charge is 0.480 e. The number of terminal acetylenes is 1. The number of rotatable bonds is 4. The molecule has 0 bridgehead atoms. The van der Waals surface area contributed by atoms with Crippen molar-refractivity contribution in [3.05, 3.63) is 28.2 Å². The van der Waals surface area contributed by atoms with Crippen molar-refractivity contribution in [2.24, 2.45) is 10.2 Å². The summed E-state index contributed by atoms with van der Waals surface area (Å²) in [5.41, 5.74) is 0.851. The maximum absolute atomic E-state index is 11.0. The van der Waals surface area contributed by atoms with E-state index in [2.05, 4.69) is 37.4 Å². The van der Waals surface area contributed by atoms with Gasteiger partial charge in [-0.2, -0.15) is 5.10 Å². The number of nitrogens with zero attached hydrogens (tertiary/aromatic N) is 2. The Morgan fingerprint density at radius 1 is 1.60 bits per heavy atom. The van der Waals surface area contributed by atoms with Crippen molar-refractivity contribution in [1.82, 2.24) is 5.32 Å². The lowest BCUT2D eigenvalue weighted by molar-refractivity contribution is -0.116. The number of nitrogens with one attached hydrogen (secondary N) is 1. The molecule has 0 saturated carbocycles. The van der Waals surface area contributed by atoms with Crippen LogP contribution in [0.4, 0.5) is 0 Å². The molecule has 1 amide bonds. The van der Waals surface area contributed by atoms with E-state index in [9.17, 15) is 4.79 Å². The van der Waals surface area contributed by atoms with Crippen LogP contribution in [-0.2, 0) is 4.79 Å². The van der Waals surface area contributed by atoms with Crippen molar-refractivity contribution in [3.63, 3.8) is 0 Å². The van der Waals surface area contributed by atoms with Crippen LogP contribution in [0, 0.1) is 12.3 Å². The van der Waals surface area contributed by atoms with Gasteiger partial charge < -0.3 is 10.1 Å². The minimum atomic E-state index is -0.0540. The van der Waals surface area contributed by atoms with E-state index in [1.165, 1.54) is 11.8 Å². The number of hydrogen-bond donors (Lipinski definition) is 1. The number of carbonyl (C=O) groups is 1. The van der Waals surface area contributed by atoms with E-state index in [1.807, 2.05) is 12.1 Å². The van der Waals surface area contributed by atoms with Crippen LogP contribution in [0.3, 0.4) is 0 Å². The Labute approximate surface area is 129 Å². The number of carbonyl (C=O) groups excluding carboxylic acids is 1. The zero-order chi connectivity index (χ0) is 14.4. The molecule has 0 radical (unpaired) electrons. The highest BCUT2D eigenvalue weighted by Gasteiger charge is 2.15. The van der Waals surface area contributed by atoms with Gasteiger partial charge in [0.25, 0.3) is 0 Å². The highest BCUT2D eigenvalue weighted by atomic mass is 79.9. The Hall–Kier alpha value is -1.78. The van der Waals surface area contributed by atoms with E-state index >= 15 is 0 Å². The molecule has 7 heteroatoms. The normalized spacial score (nSPS) is 16.4. The average Bonchev–Trinajstić information content (AvgIpc) is 2.84. The van der Waals surface area contributed by atoms with Gasteiger partial charge in [0.05, 0.1) is 16.4 Å². The molecule has 0 unspecified atom stereocenters. The summed E-state index contributed by atoms with van der Waals surface area (Å²) in [6, 6.07) is 5.47. The maximum Gasteiger partial charge on any atom is 0.236 e. The second kappa shape index (κ2) is 7.12. The van der Waals surface area contributed by atoms with Crippen molar-refractivity contribution < 1.29 is 9.53 Å². The van der Waals surface area contributed by atoms with E-state index in [4.69, 9.17) is 11.2 Å². The Bertz CT molecular complexity index is 623. The predicted molar refractivity (Wildman–Crippen MR) is 84.1 cm³/mol. The highest BCUT2D eigenvalue weighted by molar-refractivity contribution is 9.10.